The standard InChI is InChI=1S/C19H22N2O2.ClH/c22-19(15-20-16-7-3-1-4-8-16)21-13-11-18(12-14-21)23-17-9-5-2-6-10-17;/h1-10,18,20H,11-15H2;1H. The summed E-state index contributed by atoms with van der Waals surface area (Å²) in [7, 11) is 0. The predicted octanol–water partition coefficient (Wildman–Crippen LogP) is 3.59. The second-order valence-corrected chi connectivity index (χ2v) is 5.73. The van der Waals surface area contributed by atoms with E-state index >= 15 is 0 Å². The Morgan fingerprint density at radius 3 is 2.21 bits per heavy atom. The molecule has 0 aliphatic carbocycles. The lowest BCUT2D eigenvalue weighted by Crippen LogP contribution is -2.44. The fourth-order valence-electron chi connectivity index (χ4n) is 2.76. The van der Waals surface area contributed by atoms with E-state index in [0.29, 0.717) is 6.54 Å². The maximum Gasteiger partial charge on any atom is 0.241 e. The number of piperidine rings is 1. The highest BCUT2D eigenvalue weighted by molar-refractivity contribution is 5.85. The lowest BCUT2D eigenvalue weighted by Gasteiger charge is -2.32. The Bertz CT molecular complexity index is 614. The summed E-state index contributed by atoms with van der Waals surface area (Å²) in [6, 6.07) is 19.7. The highest BCUT2D eigenvalue weighted by atomic mass is 35.5. The van der Waals surface area contributed by atoms with Crippen LogP contribution in [-0.2, 0) is 4.79 Å². The molecule has 128 valence electrons. The van der Waals surface area contributed by atoms with E-state index in [2.05, 4.69) is 5.32 Å². The van der Waals surface area contributed by atoms with Gasteiger partial charge in [-0.3, -0.25) is 4.79 Å². The smallest absolute Gasteiger partial charge is 0.241 e. The molecular formula is C19H23ClN2O2. The second-order valence-electron chi connectivity index (χ2n) is 5.73. The summed E-state index contributed by atoms with van der Waals surface area (Å²) in [6.45, 7) is 1.85. The van der Waals surface area contributed by atoms with Crippen LogP contribution in [0.1, 0.15) is 12.8 Å². The summed E-state index contributed by atoms with van der Waals surface area (Å²) >= 11 is 0. The summed E-state index contributed by atoms with van der Waals surface area (Å²) < 4.78 is 5.96. The molecule has 1 aliphatic heterocycles. The average Bonchev–Trinajstić information content (AvgIpc) is 2.62. The number of benzene rings is 2. The van der Waals surface area contributed by atoms with Crippen molar-refractivity contribution in [3.63, 3.8) is 0 Å². The van der Waals surface area contributed by atoms with Crippen LogP contribution in [0.3, 0.4) is 0 Å². The minimum absolute atomic E-state index is 0. The first-order valence-electron chi connectivity index (χ1n) is 8.09. The number of para-hydroxylation sites is 2. The van der Waals surface area contributed by atoms with Crippen molar-refractivity contribution in [3.8, 4) is 5.75 Å². The normalized spacial score (nSPS) is 14.6. The molecule has 0 unspecified atom stereocenters. The van der Waals surface area contributed by atoms with Crippen molar-refractivity contribution in [1.82, 2.24) is 4.90 Å². The molecular weight excluding hydrogens is 324 g/mol. The molecule has 24 heavy (non-hydrogen) atoms. The molecule has 0 bridgehead atoms. The maximum absolute atomic E-state index is 12.3. The molecule has 1 N–H and O–H groups in total. The van der Waals surface area contributed by atoms with Gasteiger partial charge in [-0.25, -0.2) is 0 Å². The van der Waals surface area contributed by atoms with Crippen LogP contribution in [0, 0.1) is 0 Å². The van der Waals surface area contributed by atoms with Crippen LogP contribution < -0.4 is 10.1 Å². The number of anilines is 1. The number of rotatable bonds is 5. The zero-order chi connectivity index (χ0) is 15.9. The van der Waals surface area contributed by atoms with Gasteiger partial charge in [-0.05, 0) is 24.3 Å². The number of carbonyl (C=O) groups excluding carboxylic acids is 1. The third-order valence-electron chi connectivity index (χ3n) is 4.06. The minimum Gasteiger partial charge on any atom is -0.490 e. The van der Waals surface area contributed by atoms with Crippen LogP contribution >= 0.6 is 12.4 Å². The van der Waals surface area contributed by atoms with Gasteiger partial charge in [0, 0.05) is 31.6 Å². The minimum atomic E-state index is 0. The summed E-state index contributed by atoms with van der Waals surface area (Å²) in [5, 5.41) is 3.17. The zero-order valence-corrected chi connectivity index (χ0v) is 14.4. The Morgan fingerprint density at radius 2 is 1.58 bits per heavy atom. The first-order valence-corrected chi connectivity index (χ1v) is 8.09. The van der Waals surface area contributed by atoms with E-state index in [1.165, 1.54) is 0 Å². The summed E-state index contributed by atoms with van der Waals surface area (Å²) in [5.41, 5.74) is 0.975. The molecule has 3 rings (SSSR count). The third kappa shape index (κ3) is 5.17. The van der Waals surface area contributed by atoms with Crippen molar-refractivity contribution >= 4 is 24.0 Å². The molecule has 2 aromatic carbocycles. The van der Waals surface area contributed by atoms with E-state index in [9.17, 15) is 4.79 Å². The molecule has 1 amide bonds. The van der Waals surface area contributed by atoms with Gasteiger partial charge in [-0.15, -0.1) is 12.4 Å². The van der Waals surface area contributed by atoms with Gasteiger partial charge in [-0.1, -0.05) is 36.4 Å². The molecule has 0 saturated carbocycles. The Morgan fingerprint density at radius 1 is 1.00 bits per heavy atom. The summed E-state index contributed by atoms with van der Waals surface area (Å²) in [6.07, 6.45) is 1.96. The fourth-order valence-corrected chi connectivity index (χ4v) is 2.76. The largest absolute Gasteiger partial charge is 0.490 e. The first kappa shape index (κ1) is 18.1. The van der Waals surface area contributed by atoms with Gasteiger partial charge in [0.1, 0.15) is 11.9 Å². The topological polar surface area (TPSA) is 41.6 Å². The highest BCUT2D eigenvalue weighted by Gasteiger charge is 2.23. The fraction of sp³-hybridized carbons (Fsp3) is 0.316. The Kier molecular flexibility index (Phi) is 6.94. The van der Waals surface area contributed by atoms with Crippen molar-refractivity contribution in [1.29, 1.82) is 0 Å². The number of carbonyl (C=O) groups is 1. The Hall–Kier alpha value is -2.20. The van der Waals surface area contributed by atoms with Crippen molar-refractivity contribution in [2.75, 3.05) is 25.0 Å². The molecule has 4 nitrogen and oxygen atoms in total. The van der Waals surface area contributed by atoms with Gasteiger partial charge in [0.2, 0.25) is 5.91 Å². The number of hydrogen-bond acceptors (Lipinski definition) is 3. The number of hydrogen-bond donors (Lipinski definition) is 1. The molecule has 0 radical (unpaired) electrons. The molecule has 0 atom stereocenters. The first-order chi connectivity index (χ1) is 11.3. The molecule has 2 aromatic rings. The van der Waals surface area contributed by atoms with Gasteiger partial charge < -0.3 is 15.0 Å². The van der Waals surface area contributed by atoms with Gasteiger partial charge in [0.05, 0.1) is 6.54 Å². The number of halogens is 1. The quantitative estimate of drug-likeness (QED) is 0.899. The second kappa shape index (κ2) is 9.18. The van der Waals surface area contributed by atoms with Crippen LogP contribution in [0.4, 0.5) is 5.69 Å². The molecule has 1 fully saturated rings. The van der Waals surface area contributed by atoms with Crippen molar-refractivity contribution in [3.05, 3.63) is 60.7 Å². The lowest BCUT2D eigenvalue weighted by molar-refractivity contribution is -0.131. The van der Waals surface area contributed by atoms with Gasteiger partial charge in [-0.2, -0.15) is 0 Å². The van der Waals surface area contributed by atoms with E-state index in [0.717, 1.165) is 37.4 Å². The molecule has 1 heterocycles. The van der Waals surface area contributed by atoms with Crippen LogP contribution in [0.25, 0.3) is 0 Å². The van der Waals surface area contributed by atoms with E-state index in [1.807, 2.05) is 65.6 Å². The molecule has 1 saturated heterocycles. The zero-order valence-electron chi connectivity index (χ0n) is 13.6. The van der Waals surface area contributed by atoms with E-state index < -0.39 is 0 Å². The van der Waals surface area contributed by atoms with Crippen molar-refractivity contribution in [2.45, 2.75) is 18.9 Å². The van der Waals surface area contributed by atoms with Gasteiger partial charge >= 0.3 is 0 Å². The molecule has 5 heteroatoms. The lowest BCUT2D eigenvalue weighted by atomic mass is 10.1. The van der Waals surface area contributed by atoms with Crippen LogP contribution in [0.5, 0.6) is 5.75 Å². The van der Waals surface area contributed by atoms with E-state index in [4.69, 9.17) is 4.74 Å². The van der Waals surface area contributed by atoms with Crippen LogP contribution in [0.2, 0.25) is 0 Å². The third-order valence-corrected chi connectivity index (χ3v) is 4.06. The highest BCUT2D eigenvalue weighted by Crippen LogP contribution is 2.18. The van der Waals surface area contributed by atoms with Crippen LogP contribution in [-0.4, -0.2) is 36.5 Å². The van der Waals surface area contributed by atoms with E-state index in [-0.39, 0.29) is 24.4 Å². The Balaban J connectivity index is 0.00000208. The molecule has 0 spiro atoms. The summed E-state index contributed by atoms with van der Waals surface area (Å²) in [4.78, 5) is 14.2. The van der Waals surface area contributed by atoms with E-state index in [1.54, 1.807) is 0 Å². The monoisotopic (exact) mass is 346 g/mol. The number of nitrogens with one attached hydrogen (secondary N) is 1. The average molecular weight is 347 g/mol. The number of nitrogens with zero attached hydrogens (tertiary/aromatic N) is 1. The number of ether oxygens (including phenoxy) is 1. The number of likely N-dealkylation sites (tertiary alicyclic amines) is 1. The van der Waals surface area contributed by atoms with Gasteiger partial charge in [0.25, 0.3) is 0 Å². The predicted molar refractivity (Wildman–Crippen MR) is 98.9 cm³/mol. The maximum atomic E-state index is 12.3. The molecule has 0 aromatic heterocycles. The van der Waals surface area contributed by atoms with Crippen molar-refractivity contribution < 1.29 is 9.53 Å². The summed E-state index contributed by atoms with van der Waals surface area (Å²) in [5.74, 6) is 1.05. The molecule has 1 aliphatic rings. The van der Waals surface area contributed by atoms with Gasteiger partial charge in [0.15, 0.2) is 0 Å². The van der Waals surface area contributed by atoms with Crippen LogP contribution in [0.15, 0.2) is 60.7 Å². The Labute approximate surface area is 149 Å². The van der Waals surface area contributed by atoms with Crippen molar-refractivity contribution in [2.24, 2.45) is 0 Å². The SMILES string of the molecule is Cl.O=C(CNc1ccccc1)N1CCC(Oc2ccccc2)CC1. The number of amides is 1.